The maximum absolute atomic E-state index is 13.8. The Morgan fingerprint density at radius 3 is 2.06 bits per heavy atom. The fourth-order valence-electron chi connectivity index (χ4n) is 5.23. The van der Waals surface area contributed by atoms with E-state index in [4.69, 9.17) is 13.9 Å². The predicted molar refractivity (Wildman–Crippen MR) is 204 cm³/mol. The van der Waals surface area contributed by atoms with Crippen LogP contribution in [0.1, 0.15) is 26.9 Å². The third-order valence-corrected chi connectivity index (χ3v) is 9.14. The molecular formula is C42H35N3O6S. The van der Waals surface area contributed by atoms with Gasteiger partial charge in [0.1, 0.15) is 34.0 Å². The molecule has 6 aromatic rings. The van der Waals surface area contributed by atoms with Crippen molar-refractivity contribution in [2.24, 2.45) is 0 Å². The van der Waals surface area contributed by atoms with Gasteiger partial charge in [-0.05, 0) is 66.2 Å². The monoisotopic (exact) mass is 709 g/mol. The molecule has 1 atom stereocenters. The Morgan fingerprint density at radius 1 is 0.712 bits per heavy atom. The van der Waals surface area contributed by atoms with Crippen molar-refractivity contribution in [1.82, 2.24) is 5.32 Å². The highest BCUT2D eigenvalue weighted by Gasteiger charge is 2.24. The molecule has 52 heavy (non-hydrogen) atoms. The molecule has 3 amide bonds. The van der Waals surface area contributed by atoms with Crippen molar-refractivity contribution in [2.45, 2.75) is 10.1 Å². The standard InChI is InChI=1S/C42H35N3O6S/c1-49-32-20-25-38(50-2)35(26-32)44-42(48)39(29-14-8-4-9-15-29)52-34-22-18-31(19-23-34)43-41(47)36(45-40(46)30-16-10-5-11-17-30)27-33-21-24-37(51-33)28-12-6-3-7-13-28/h3-27,39H,1-2H3,(H,43,47)(H,44,48)(H,45,46)/b36-27+/t39-/m1/s1. The van der Waals surface area contributed by atoms with Crippen molar-refractivity contribution in [2.75, 3.05) is 24.9 Å². The van der Waals surface area contributed by atoms with Crippen molar-refractivity contribution >= 4 is 46.9 Å². The molecule has 0 aliphatic rings. The molecule has 0 aliphatic carbocycles. The number of carbonyl (C=O) groups excluding carboxylic acids is 3. The minimum absolute atomic E-state index is 0.00458. The summed E-state index contributed by atoms with van der Waals surface area (Å²) in [6, 6.07) is 43.5. The van der Waals surface area contributed by atoms with E-state index in [2.05, 4.69) is 16.0 Å². The van der Waals surface area contributed by atoms with Crippen molar-refractivity contribution in [3.8, 4) is 22.8 Å². The first-order chi connectivity index (χ1) is 25.4. The largest absolute Gasteiger partial charge is 0.497 e. The molecule has 3 N–H and O–H groups in total. The summed E-state index contributed by atoms with van der Waals surface area (Å²) in [5.74, 6) is 0.855. The van der Waals surface area contributed by atoms with Gasteiger partial charge in [-0.3, -0.25) is 14.4 Å². The van der Waals surface area contributed by atoms with E-state index in [0.29, 0.717) is 40.0 Å². The Hall–Kier alpha value is -6.52. The summed E-state index contributed by atoms with van der Waals surface area (Å²) in [7, 11) is 3.09. The van der Waals surface area contributed by atoms with Crippen LogP contribution in [0.15, 0.2) is 161 Å². The molecule has 1 aromatic heterocycles. The number of nitrogens with one attached hydrogen (secondary N) is 3. The lowest BCUT2D eigenvalue weighted by molar-refractivity contribution is -0.116. The van der Waals surface area contributed by atoms with Crippen molar-refractivity contribution in [3.05, 3.63) is 168 Å². The summed E-state index contributed by atoms with van der Waals surface area (Å²) in [4.78, 5) is 41.3. The fraction of sp³-hybridized carbons (Fsp3) is 0.0714. The second-order valence-electron chi connectivity index (χ2n) is 11.4. The Kier molecular flexibility index (Phi) is 11.5. The SMILES string of the molecule is COc1ccc(OC)c(NC(=O)[C@H](Sc2ccc(NC(=O)/C(=C\c3ccc(-c4ccccc4)o3)NC(=O)c3ccccc3)cc2)c2ccccc2)c1. The van der Waals surface area contributed by atoms with E-state index in [1.54, 1.807) is 67.8 Å². The molecule has 0 radical (unpaired) electrons. The first-order valence-corrected chi connectivity index (χ1v) is 17.2. The van der Waals surface area contributed by atoms with Gasteiger partial charge in [-0.1, -0.05) is 78.9 Å². The summed E-state index contributed by atoms with van der Waals surface area (Å²) >= 11 is 1.36. The molecule has 260 valence electrons. The van der Waals surface area contributed by atoms with Gasteiger partial charge in [0.15, 0.2) is 0 Å². The van der Waals surface area contributed by atoms with Crippen LogP contribution in [-0.2, 0) is 9.59 Å². The molecule has 0 spiro atoms. The molecule has 10 heteroatoms. The average Bonchev–Trinajstić information content (AvgIpc) is 3.67. The smallest absolute Gasteiger partial charge is 0.272 e. The number of carbonyl (C=O) groups is 3. The van der Waals surface area contributed by atoms with E-state index in [1.165, 1.54) is 24.9 Å². The zero-order chi connectivity index (χ0) is 36.3. The lowest BCUT2D eigenvalue weighted by Crippen LogP contribution is -2.30. The van der Waals surface area contributed by atoms with Gasteiger partial charge in [-0.15, -0.1) is 11.8 Å². The number of furan rings is 1. The minimum atomic E-state index is -0.616. The number of ether oxygens (including phenoxy) is 2. The van der Waals surface area contributed by atoms with E-state index >= 15 is 0 Å². The van der Waals surface area contributed by atoms with Crippen LogP contribution in [0.4, 0.5) is 11.4 Å². The highest BCUT2D eigenvalue weighted by molar-refractivity contribution is 8.00. The van der Waals surface area contributed by atoms with Gasteiger partial charge in [-0.2, -0.15) is 0 Å². The number of benzene rings is 5. The van der Waals surface area contributed by atoms with Crippen molar-refractivity contribution < 1.29 is 28.3 Å². The summed E-state index contributed by atoms with van der Waals surface area (Å²) in [5, 5.41) is 7.99. The molecule has 0 saturated heterocycles. The molecule has 0 fully saturated rings. The minimum Gasteiger partial charge on any atom is -0.497 e. The zero-order valence-electron chi connectivity index (χ0n) is 28.4. The predicted octanol–water partition coefficient (Wildman–Crippen LogP) is 8.85. The third kappa shape index (κ3) is 8.98. The van der Waals surface area contributed by atoms with Gasteiger partial charge < -0.3 is 29.8 Å². The van der Waals surface area contributed by atoms with Gasteiger partial charge in [-0.25, -0.2) is 0 Å². The van der Waals surface area contributed by atoms with Gasteiger partial charge in [0.05, 0.1) is 19.9 Å². The van der Waals surface area contributed by atoms with E-state index in [9.17, 15) is 14.4 Å². The van der Waals surface area contributed by atoms with Crippen LogP contribution in [0.3, 0.4) is 0 Å². The van der Waals surface area contributed by atoms with Crippen LogP contribution >= 0.6 is 11.8 Å². The second-order valence-corrected chi connectivity index (χ2v) is 12.6. The molecule has 0 saturated carbocycles. The lowest BCUT2D eigenvalue weighted by atomic mass is 10.1. The van der Waals surface area contributed by atoms with E-state index < -0.39 is 17.1 Å². The number of thioether (sulfide) groups is 1. The Morgan fingerprint density at radius 2 is 1.38 bits per heavy atom. The van der Waals surface area contributed by atoms with Gasteiger partial charge in [0.2, 0.25) is 5.91 Å². The summed E-state index contributed by atoms with van der Waals surface area (Å²) in [5.41, 5.74) is 3.05. The fourth-order valence-corrected chi connectivity index (χ4v) is 6.26. The van der Waals surface area contributed by atoms with E-state index in [1.807, 2.05) is 84.9 Å². The zero-order valence-corrected chi connectivity index (χ0v) is 29.2. The number of amides is 3. The van der Waals surface area contributed by atoms with Crippen LogP contribution in [0.5, 0.6) is 11.5 Å². The second kappa shape index (κ2) is 16.9. The summed E-state index contributed by atoms with van der Waals surface area (Å²) in [6.07, 6.45) is 1.49. The van der Waals surface area contributed by atoms with Crippen LogP contribution in [0, 0.1) is 0 Å². The number of methoxy groups -OCH3 is 2. The van der Waals surface area contributed by atoms with Crippen molar-refractivity contribution in [3.63, 3.8) is 0 Å². The maximum Gasteiger partial charge on any atom is 0.272 e. The Labute approximate surface area is 305 Å². The van der Waals surface area contributed by atoms with Crippen LogP contribution < -0.4 is 25.4 Å². The average molecular weight is 710 g/mol. The third-order valence-electron chi connectivity index (χ3n) is 7.87. The lowest BCUT2D eigenvalue weighted by Gasteiger charge is -2.19. The highest BCUT2D eigenvalue weighted by Crippen LogP contribution is 2.38. The first-order valence-electron chi connectivity index (χ1n) is 16.3. The molecular weight excluding hydrogens is 675 g/mol. The number of rotatable bonds is 13. The van der Waals surface area contributed by atoms with Gasteiger partial charge in [0.25, 0.3) is 11.8 Å². The maximum atomic E-state index is 13.8. The number of hydrogen-bond donors (Lipinski definition) is 3. The molecule has 9 nitrogen and oxygen atoms in total. The number of hydrogen-bond acceptors (Lipinski definition) is 7. The van der Waals surface area contributed by atoms with E-state index in [-0.39, 0.29) is 11.6 Å². The van der Waals surface area contributed by atoms with Gasteiger partial charge >= 0.3 is 0 Å². The van der Waals surface area contributed by atoms with Crippen LogP contribution in [0.2, 0.25) is 0 Å². The molecule has 1 heterocycles. The summed E-state index contributed by atoms with van der Waals surface area (Å²) in [6.45, 7) is 0. The highest BCUT2D eigenvalue weighted by atomic mass is 32.2. The van der Waals surface area contributed by atoms with Crippen LogP contribution in [-0.4, -0.2) is 31.9 Å². The first kappa shape index (κ1) is 35.3. The molecule has 0 unspecified atom stereocenters. The summed E-state index contributed by atoms with van der Waals surface area (Å²) < 4.78 is 16.8. The topological polar surface area (TPSA) is 119 Å². The van der Waals surface area contributed by atoms with Crippen LogP contribution in [0.25, 0.3) is 17.4 Å². The quantitative estimate of drug-likeness (QED) is 0.0810. The normalized spacial score (nSPS) is 11.6. The molecule has 0 aliphatic heterocycles. The Balaban J connectivity index is 1.20. The number of anilines is 2. The molecule has 0 bridgehead atoms. The van der Waals surface area contributed by atoms with E-state index in [0.717, 1.165) is 16.0 Å². The molecule has 6 rings (SSSR count). The molecule has 5 aromatic carbocycles. The van der Waals surface area contributed by atoms with Gasteiger partial charge in [0, 0.05) is 33.9 Å². The van der Waals surface area contributed by atoms with Crippen molar-refractivity contribution in [1.29, 1.82) is 0 Å². The Bertz CT molecular complexity index is 2170.